The first-order valence-electron chi connectivity index (χ1n) is 7.71. The van der Waals surface area contributed by atoms with Gasteiger partial charge in [-0.05, 0) is 17.9 Å². The van der Waals surface area contributed by atoms with Gasteiger partial charge in [0.05, 0.1) is 4.88 Å². The predicted octanol–water partition coefficient (Wildman–Crippen LogP) is 2.81. The molecule has 2 N–H and O–H groups in total. The molecule has 0 spiro atoms. The molecule has 9 heteroatoms. The molecule has 3 rings (SSSR count). The SMILES string of the molecule is CCc1cc(=O)[nH]c(-n2nc(-c3cccs3)cc2NC(=O)CCCl)n1. The van der Waals surface area contributed by atoms with Crippen molar-refractivity contribution < 1.29 is 4.79 Å². The van der Waals surface area contributed by atoms with Gasteiger partial charge in [0, 0.05) is 30.1 Å². The highest BCUT2D eigenvalue weighted by Crippen LogP contribution is 2.27. The van der Waals surface area contributed by atoms with Crippen LogP contribution in [0.4, 0.5) is 5.82 Å². The molecule has 3 aromatic heterocycles. The lowest BCUT2D eigenvalue weighted by Crippen LogP contribution is -2.19. The maximum absolute atomic E-state index is 12.0. The molecule has 3 aromatic rings. The number of aryl methyl sites for hydroxylation is 1. The van der Waals surface area contributed by atoms with Gasteiger partial charge in [-0.2, -0.15) is 9.78 Å². The molecular weight excluding hydrogens is 362 g/mol. The summed E-state index contributed by atoms with van der Waals surface area (Å²) in [7, 11) is 0. The van der Waals surface area contributed by atoms with Crippen molar-refractivity contribution in [1.29, 1.82) is 0 Å². The molecule has 0 bridgehead atoms. The monoisotopic (exact) mass is 377 g/mol. The van der Waals surface area contributed by atoms with Gasteiger partial charge >= 0.3 is 0 Å². The Morgan fingerprint density at radius 1 is 1.44 bits per heavy atom. The van der Waals surface area contributed by atoms with E-state index in [1.54, 1.807) is 6.07 Å². The van der Waals surface area contributed by atoms with Crippen molar-refractivity contribution in [3.63, 3.8) is 0 Å². The van der Waals surface area contributed by atoms with Gasteiger partial charge in [0.25, 0.3) is 5.56 Å². The minimum absolute atomic E-state index is 0.181. The zero-order valence-electron chi connectivity index (χ0n) is 13.5. The summed E-state index contributed by atoms with van der Waals surface area (Å²) in [6.07, 6.45) is 0.796. The number of halogens is 1. The summed E-state index contributed by atoms with van der Waals surface area (Å²) in [6, 6.07) is 7.04. The minimum Gasteiger partial charge on any atom is -0.310 e. The van der Waals surface area contributed by atoms with Crippen LogP contribution in [-0.4, -0.2) is 31.5 Å². The highest BCUT2D eigenvalue weighted by Gasteiger charge is 2.16. The number of anilines is 1. The topological polar surface area (TPSA) is 92.7 Å². The van der Waals surface area contributed by atoms with Gasteiger partial charge in [0.2, 0.25) is 11.9 Å². The van der Waals surface area contributed by atoms with Gasteiger partial charge in [-0.25, -0.2) is 4.98 Å². The molecule has 0 aromatic carbocycles. The lowest BCUT2D eigenvalue weighted by Gasteiger charge is -2.08. The second-order valence-corrected chi connectivity index (χ2v) is 6.53. The molecule has 0 fully saturated rings. The molecule has 0 atom stereocenters. The number of carbonyl (C=O) groups is 1. The molecule has 25 heavy (non-hydrogen) atoms. The molecule has 7 nitrogen and oxygen atoms in total. The molecule has 0 aliphatic rings. The van der Waals surface area contributed by atoms with Crippen LogP contribution in [0.2, 0.25) is 0 Å². The standard InChI is InChI=1S/C16H16ClN5O2S/c1-2-10-8-15(24)20-16(18-10)22-13(19-14(23)5-6-17)9-11(21-22)12-4-3-7-25-12/h3-4,7-9H,2,5-6H2,1H3,(H,19,23)(H,18,20,24). The number of aromatic nitrogens is 4. The summed E-state index contributed by atoms with van der Waals surface area (Å²) in [6.45, 7) is 1.91. The van der Waals surface area contributed by atoms with Crippen LogP contribution in [0.5, 0.6) is 0 Å². The van der Waals surface area contributed by atoms with Gasteiger partial charge in [0.1, 0.15) is 11.5 Å². The largest absolute Gasteiger partial charge is 0.310 e. The third-order valence-electron chi connectivity index (χ3n) is 3.42. The number of H-pyrrole nitrogens is 1. The number of hydrogen-bond acceptors (Lipinski definition) is 5. The zero-order valence-corrected chi connectivity index (χ0v) is 15.0. The minimum atomic E-state index is -0.270. The third kappa shape index (κ3) is 3.97. The summed E-state index contributed by atoms with van der Waals surface area (Å²) in [5, 5.41) is 9.21. The van der Waals surface area contributed by atoms with E-state index in [1.807, 2.05) is 24.4 Å². The van der Waals surface area contributed by atoms with Crippen molar-refractivity contribution in [2.45, 2.75) is 19.8 Å². The summed E-state index contributed by atoms with van der Waals surface area (Å²) in [5.41, 5.74) is 1.05. The van der Waals surface area contributed by atoms with E-state index in [-0.39, 0.29) is 29.7 Å². The third-order valence-corrected chi connectivity index (χ3v) is 4.50. The van der Waals surface area contributed by atoms with Crippen LogP contribution in [-0.2, 0) is 11.2 Å². The number of aromatic amines is 1. The fourth-order valence-electron chi connectivity index (χ4n) is 2.24. The van der Waals surface area contributed by atoms with Crippen molar-refractivity contribution >= 4 is 34.7 Å². The Balaban J connectivity index is 2.08. The number of nitrogens with one attached hydrogen (secondary N) is 2. The van der Waals surface area contributed by atoms with Crippen LogP contribution in [0.3, 0.4) is 0 Å². The summed E-state index contributed by atoms with van der Waals surface area (Å²) < 4.78 is 1.43. The van der Waals surface area contributed by atoms with E-state index in [1.165, 1.54) is 22.1 Å². The van der Waals surface area contributed by atoms with E-state index in [9.17, 15) is 9.59 Å². The van der Waals surface area contributed by atoms with Gasteiger partial charge in [-0.3, -0.25) is 14.6 Å². The van der Waals surface area contributed by atoms with Crippen LogP contribution < -0.4 is 10.9 Å². The van der Waals surface area contributed by atoms with Crippen molar-refractivity contribution in [2.24, 2.45) is 0 Å². The Bertz CT molecular complexity index is 932. The lowest BCUT2D eigenvalue weighted by atomic mass is 10.3. The fourth-order valence-corrected chi connectivity index (χ4v) is 3.10. The summed E-state index contributed by atoms with van der Waals surface area (Å²) in [5.74, 6) is 0.671. The molecule has 0 aliphatic heterocycles. The van der Waals surface area contributed by atoms with Crippen LogP contribution in [0, 0.1) is 0 Å². The summed E-state index contributed by atoms with van der Waals surface area (Å²) in [4.78, 5) is 31.8. The highest BCUT2D eigenvalue weighted by molar-refractivity contribution is 7.13. The quantitative estimate of drug-likeness (QED) is 0.646. The Kier molecular flexibility index (Phi) is 5.30. The van der Waals surface area contributed by atoms with E-state index >= 15 is 0 Å². The first-order chi connectivity index (χ1) is 12.1. The number of carbonyl (C=O) groups excluding carboxylic acids is 1. The van der Waals surface area contributed by atoms with Crippen LogP contribution >= 0.6 is 22.9 Å². The maximum Gasteiger partial charge on any atom is 0.252 e. The maximum atomic E-state index is 12.0. The molecule has 0 unspecified atom stereocenters. The number of hydrogen-bond donors (Lipinski definition) is 2. The van der Waals surface area contributed by atoms with E-state index in [2.05, 4.69) is 20.4 Å². The van der Waals surface area contributed by atoms with Crippen LogP contribution in [0.15, 0.2) is 34.4 Å². The first kappa shape index (κ1) is 17.4. The Labute approximate surface area is 152 Å². The van der Waals surface area contributed by atoms with Crippen molar-refractivity contribution in [2.75, 3.05) is 11.2 Å². The second-order valence-electron chi connectivity index (χ2n) is 5.20. The molecule has 130 valence electrons. The fraction of sp³-hybridized carbons (Fsp3) is 0.250. The van der Waals surface area contributed by atoms with Gasteiger partial charge in [0.15, 0.2) is 0 Å². The van der Waals surface area contributed by atoms with Crippen molar-refractivity contribution in [1.82, 2.24) is 19.7 Å². The smallest absolute Gasteiger partial charge is 0.252 e. The predicted molar refractivity (Wildman–Crippen MR) is 98.6 cm³/mol. The number of rotatable bonds is 6. The molecule has 3 heterocycles. The first-order valence-corrected chi connectivity index (χ1v) is 9.12. The highest BCUT2D eigenvalue weighted by atomic mass is 35.5. The summed E-state index contributed by atoms with van der Waals surface area (Å²) >= 11 is 7.16. The molecule has 0 radical (unpaired) electrons. The zero-order chi connectivity index (χ0) is 17.8. The van der Waals surface area contributed by atoms with E-state index in [0.717, 1.165) is 4.88 Å². The number of nitrogens with zero attached hydrogens (tertiary/aromatic N) is 3. The molecule has 0 aliphatic carbocycles. The average Bonchev–Trinajstić information content (AvgIpc) is 3.23. The molecule has 0 saturated heterocycles. The van der Waals surface area contributed by atoms with E-state index < -0.39 is 0 Å². The Morgan fingerprint density at radius 2 is 2.28 bits per heavy atom. The van der Waals surface area contributed by atoms with Crippen LogP contribution in [0.25, 0.3) is 16.5 Å². The Morgan fingerprint density at radius 3 is 2.96 bits per heavy atom. The van der Waals surface area contributed by atoms with Gasteiger partial charge in [-0.15, -0.1) is 22.9 Å². The van der Waals surface area contributed by atoms with Gasteiger partial charge in [-0.1, -0.05) is 13.0 Å². The van der Waals surface area contributed by atoms with Gasteiger partial charge < -0.3 is 5.32 Å². The van der Waals surface area contributed by atoms with E-state index in [4.69, 9.17) is 11.6 Å². The van der Waals surface area contributed by atoms with Crippen LogP contribution in [0.1, 0.15) is 19.0 Å². The molecular formula is C16H16ClN5O2S. The normalized spacial score (nSPS) is 10.8. The second kappa shape index (κ2) is 7.62. The molecule has 0 saturated carbocycles. The number of thiophene rings is 1. The van der Waals surface area contributed by atoms with Crippen molar-refractivity contribution in [3.05, 3.63) is 45.7 Å². The number of alkyl halides is 1. The van der Waals surface area contributed by atoms with Crippen molar-refractivity contribution in [3.8, 4) is 16.5 Å². The molecule has 1 amide bonds. The Hall–Kier alpha value is -2.45. The average molecular weight is 378 g/mol. The van der Waals surface area contributed by atoms with E-state index in [0.29, 0.717) is 23.6 Å². The lowest BCUT2D eigenvalue weighted by molar-refractivity contribution is -0.115. The number of amides is 1.